The van der Waals surface area contributed by atoms with E-state index in [2.05, 4.69) is 4.98 Å². The fourth-order valence-corrected chi connectivity index (χ4v) is 4.37. The Bertz CT molecular complexity index is 984. The summed E-state index contributed by atoms with van der Waals surface area (Å²) in [5, 5.41) is 0. The number of nitrogens with zero attached hydrogens (tertiary/aromatic N) is 2. The van der Waals surface area contributed by atoms with Crippen molar-refractivity contribution in [2.45, 2.75) is 49.4 Å². The minimum absolute atomic E-state index is 0.0229. The number of nitrogens with one attached hydrogen (secondary N) is 1. The lowest BCUT2D eigenvalue weighted by atomic mass is 9.94. The number of methoxy groups -OCH3 is 1. The Balaban J connectivity index is 1.70. The van der Waals surface area contributed by atoms with Gasteiger partial charge in [0.25, 0.3) is 5.56 Å². The highest BCUT2D eigenvalue weighted by Gasteiger charge is 2.52. The van der Waals surface area contributed by atoms with E-state index in [4.69, 9.17) is 10.5 Å². The van der Waals surface area contributed by atoms with Gasteiger partial charge in [-0.25, -0.2) is 13.6 Å². The predicted octanol–water partition coefficient (Wildman–Crippen LogP) is 1.41. The number of likely N-dealkylation sites (tertiary alicyclic amines) is 1. The molecule has 0 spiro atoms. The number of nitrogens with two attached hydrogens (primary N) is 1. The van der Waals surface area contributed by atoms with Gasteiger partial charge >= 0.3 is 11.9 Å². The first-order chi connectivity index (χ1) is 14.0. The quantitative estimate of drug-likeness (QED) is 0.697. The number of ether oxygens (including phenoxy) is 1. The lowest BCUT2D eigenvalue weighted by Crippen LogP contribution is -2.48. The van der Waals surface area contributed by atoms with Crippen LogP contribution in [-0.4, -0.2) is 59.1 Å². The molecule has 166 valence electrons. The molecule has 2 heterocycles. The van der Waals surface area contributed by atoms with E-state index in [1.54, 1.807) is 0 Å². The van der Waals surface area contributed by atoms with Gasteiger partial charge in [-0.15, -0.1) is 0 Å². The van der Waals surface area contributed by atoms with Crippen LogP contribution in [0.2, 0.25) is 0 Å². The summed E-state index contributed by atoms with van der Waals surface area (Å²) in [4.78, 5) is 28.8. The number of rotatable bonds is 4. The minimum Gasteiger partial charge on any atom is -0.373 e. The van der Waals surface area contributed by atoms with Crippen molar-refractivity contribution >= 4 is 6.08 Å². The minimum atomic E-state index is -4.79. The van der Waals surface area contributed by atoms with Gasteiger partial charge in [0.1, 0.15) is 24.1 Å². The van der Waals surface area contributed by atoms with E-state index in [9.17, 15) is 27.2 Å². The Morgan fingerprint density at radius 1 is 1.27 bits per heavy atom. The topological polar surface area (TPSA) is 93.3 Å². The maximum absolute atomic E-state index is 15.1. The maximum atomic E-state index is 15.1. The Morgan fingerprint density at radius 3 is 2.50 bits per heavy atom. The molecule has 0 bridgehead atoms. The molecule has 1 aromatic rings. The third-order valence-corrected chi connectivity index (χ3v) is 6.05. The van der Waals surface area contributed by atoms with Gasteiger partial charge in [0.2, 0.25) is 0 Å². The number of hydrogen-bond donors (Lipinski definition) is 2. The van der Waals surface area contributed by atoms with Crippen LogP contribution in [0.1, 0.15) is 36.2 Å². The Morgan fingerprint density at radius 2 is 1.93 bits per heavy atom. The number of halogens is 5. The molecule has 0 aromatic carbocycles. The van der Waals surface area contributed by atoms with Crippen LogP contribution in [0, 0.1) is 5.92 Å². The zero-order valence-corrected chi connectivity index (χ0v) is 16.0. The van der Waals surface area contributed by atoms with Crippen molar-refractivity contribution in [2.24, 2.45) is 11.7 Å². The van der Waals surface area contributed by atoms with Crippen LogP contribution in [0.5, 0.6) is 0 Å². The number of hydrogen-bond acceptors (Lipinski definition) is 5. The van der Waals surface area contributed by atoms with Gasteiger partial charge in [0, 0.05) is 32.2 Å². The van der Waals surface area contributed by atoms with Gasteiger partial charge in [-0.05, 0) is 18.9 Å². The number of aromatic amines is 1. The molecule has 0 amide bonds. The van der Waals surface area contributed by atoms with Crippen molar-refractivity contribution in [3.8, 4) is 0 Å². The van der Waals surface area contributed by atoms with Gasteiger partial charge in [-0.2, -0.15) is 13.2 Å². The number of aromatic nitrogens is 2. The van der Waals surface area contributed by atoms with Crippen molar-refractivity contribution in [1.82, 2.24) is 14.5 Å². The highest BCUT2D eigenvalue weighted by Crippen LogP contribution is 2.40. The SMILES string of the molecule is COC1c2[nH]c(=O)n(C3CC3)c(=O)c2C=C(F)C1N1CC(F)C(C(N)C(F)(F)F)C1. The largest absolute Gasteiger partial charge is 0.404 e. The van der Waals surface area contributed by atoms with E-state index in [-0.39, 0.29) is 17.3 Å². The van der Waals surface area contributed by atoms with Gasteiger partial charge in [0.05, 0.1) is 17.3 Å². The summed E-state index contributed by atoms with van der Waals surface area (Å²) in [6.45, 7) is -0.939. The molecule has 5 atom stereocenters. The average molecular weight is 436 g/mol. The molecule has 30 heavy (non-hydrogen) atoms. The van der Waals surface area contributed by atoms with E-state index in [0.29, 0.717) is 12.8 Å². The molecule has 1 aromatic heterocycles. The molecule has 2 fully saturated rings. The first-order valence-electron chi connectivity index (χ1n) is 9.53. The number of alkyl halides is 4. The third kappa shape index (κ3) is 3.40. The molecule has 1 aliphatic heterocycles. The fraction of sp³-hybridized carbons (Fsp3) is 0.667. The van der Waals surface area contributed by atoms with Crippen LogP contribution in [-0.2, 0) is 4.74 Å². The summed E-state index contributed by atoms with van der Waals surface area (Å²) < 4.78 is 74.7. The van der Waals surface area contributed by atoms with E-state index >= 15 is 4.39 Å². The standard InChI is InChI=1S/C18H21F5N4O3/c1-30-14-12-8(16(28)27(7-2-3-7)17(29)25-12)4-10(19)13(14)26-5-9(11(20)6-26)15(24)18(21,22)23/h4,7,9,11,13-15H,2-3,5-6,24H2,1H3,(H,25,29). The second-order valence-electron chi connectivity index (χ2n) is 8.00. The fourth-order valence-electron chi connectivity index (χ4n) is 4.37. The number of H-pyrrole nitrogens is 1. The van der Waals surface area contributed by atoms with E-state index in [0.717, 1.165) is 10.6 Å². The van der Waals surface area contributed by atoms with E-state index < -0.39 is 66.6 Å². The smallest absolute Gasteiger partial charge is 0.373 e. The zero-order valence-electron chi connectivity index (χ0n) is 16.0. The summed E-state index contributed by atoms with van der Waals surface area (Å²) >= 11 is 0. The monoisotopic (exact) mass is 436 g/mol. The van der Waals surface area contributed by atoms with Gasteiger partial charge in [0.15, 0.2) is 0 Å². The Labute approximate surface area is 167 Å². The highest BCUT2D eigenvalue weighted by atomic mass is 19.4. The lowest BCUT2D eigenvalue weighted by molar-refractivity contribution is -0.161. The molecular weight excluding hydrogens is 415 g/mol. The number of fused-ring (bicyclic) bond motifs is 1. The first kappa shape index (κ1) is 21.2. The zero-order chi connectivity index (χ0) is 22.0. The molecule has 7 nitrogen and oxygen atoms in total. The van der Waals surface area contributed by atoms with Crippen LogP contribution in [0.25, 0.3) is 6.08 Å². The van der Waals surface area contributed by atoms with Crippen LogP contribution < -0.4 is 17.0 Å². The molecule has 12 heteroatoms. The molecule has 5 unspecified atom stereocenters. The Hall–Kier alpha value is -2.05. The maximum Gasteiger partial charge on any atom is 0.404 e. The molecule has 2 aliphatic carbocycles. The lowest BCUT2D eigenvalue weighted by Gasteiger charge is -2.35. The molecule has 3 N–H and O–H groups in total. The first-order valence-corrected chi connectivity index (χ1v) is 9.53. The van der Waals surface area contributed by atoms with E-state index in [1.807, 2.05) is 0 Å². The van der Waals surface area contributed by atoms with Gasteiger partial charge in [-0.3, -0.25) is 14.3 Å². The molecular formula is C18H21F5N4O3. The second kappa shape index (κ2) is 7.27. The highest BCUT2D eigenvalue weighted by molar-refractivity contribution is 5.58. The van der Waals surface area contributed by atoms with Crippen molar-refractivity contribution < 1.29 is 26.7 Å². The van der Waals surface area contributed by atoms with Crippen LogP contribution in [0.15, 0.2) is 15.4 Å². The van der Waals surface area contributed by atoms with Crippen LogP contribution in [0.4, 0.5) is 22.0 Å². The van der Waals surface area contributed by atoms with Crippen molar-refractivity contribution in [2.75, 3.05) is 20.2 Å². The molecule has 0 radical (unpaired) electrons. The Kier molecular flexibility index (Phi) is 5.14. The van der Waals surface area contributed by atoms with Crippen LogP contribution >= 0.6 is 0 Å². The molecule has 4 rings (SSSR count). The van der Waals surface area contributed by atoms with Gasteiger partial charge < -0.3 is 15.5 Å². The average Bonchev–Trinajstić information content (AvgIpc) is 3.41. The van der Waals surface area contributed by atoms with Crippen LogP contribution in [0.3, 0.4) is 0 Å². The normalized spacial score (nSPS) is 30.8. The van der Waals surface area contributed by atoms with Crippen molar-refractivity contribution in [3.05, 3.63) is 37.9 Å². The molecule has 1 saturated heterocycles. The molecule has 3 aliphatic rings. The van der Waals surface area contributed by atoms with Gasteiger partial charge in [-0.1, -0.05) is 0 Å². The molecule has 1 saturated carbocycles. The van der Waals surface area contributed by atoms with Crippen molar-refractivity contribution in [3.63, 3.8) is 0 Å². The second-order valence-corrected chi connectivity index (χ2v) is 8.00. The van der Waals surface area contributed by atoms with E-state index in [1.165, 1.54) is 12.0 Å². The summed E-state index contributed by atoms with van der Waals surface area (Å²) in [5.74, 6) is -2.42. The summed E-state index contributed by atoms with van der Waals surface area (Å²) in [7, 11) is 1.21. The third-order valence-electron chi connectivity index (χ3n) is 6.05. The summed E-state index contributed by atoms with van der Waals surface area (Å²) in [6, 6.07) is -3.93. The van der Waals surface area contributed by atoms with Crippen molar-refractivity contribution in [1.29, 1.82) is 0 Å². The predicted molar refractivity (Wildman–Crippen MR) is 96.2 cm³/mol. The summed E-state index contributed by atoms with van der Waals surface area (Å²) in [5.41, 5.74) is 3.80. The summed E-state index contributed by atoms with van der Waals surface area (Å²) in [6.07, 6.45) is -5.65.